The topological polar surface area (TPSA) is 58.2 Å². The molecule has 0 aliphatic heterocycles. The lowest BCUT2D eigenvalue weighted by atomic mass is 10.2. The number of anilines is 1. The Kier molecular flexibility index (Phi) is 5.64. The Labute approximate surface area is 120 Å². The summed E-state index contributed by atoms with van der Waals surface area (Å²) in [5.74, 6) is 0. The zero-order valence-corrected chi connectivity index (χ0v) is 13.3. The van der Waals surface area contributed by atoms with Gasteiger partial charge in [0.15, 0.2) is 0 Å². The first-order valence-corrected chi connectivity index (χ1v) is 8.16. The van der Waals surface area contributed by atoms with E-state index in [4.69, 9.17) is 11.6 Å². The molecule has 1 unspecified atom stereocenters. The van der Waals surface area contributed by atoms with Gasteiger partial charge in [0.1, 0.15) is 0 Å². The summed E-state index contributed by atoms with van der Waals surface area (Å²) in [4.78, 5) is 0. The van der Waals surface area contributed by atoms with Gasteiger partial charge < -0.3 is 5.32 Å². The highest BCUT2D eigenvalue weighted by Gasteiger charge is 2.21. The first kappa shape index (κ1) is 16.3. The average molecular weight is 305 g/mol. The average Bonchev–Trinajstić information content (AvgIpc) is 2.29. The molecule has 0 aromatic heterocycles. The number of aryl methyl sites for hydroxylation is 1. The van der Waals surface area contributed by atoms with Crippen LogP contribution in [0.2, 0.25) is 5.02 Å². The highest BCUT2D eigenvalue weighted by atomic mass is 35.5. The van der Waals surface area contributed by atoms with Gasteiger partial charge >= 0.3 is 0 Å². The first-order chi connectivity index (χ1) is 8.72. The van der Waals surface area contributed by atoms with Crippen LogP contribution >= 0.6 is 11.6 Å². The number of sulfonamides is 1. The van der Waals surface area contributed by atoms with Crippen molar-refractivity contribution in [3.05, 3.63) is 28.8 Å². The molecule has 0 amide bonds. The predicted molar refractivity (Wildman–Crippen MR) is 81.3 cm³/mol. The van der Waals surface area contributed by atoms with E-state index >= 15 is 0 Å². The highest BCUT2D eigenvalue weighted by molar-refractivity contribution is 7.93. The number of hydrogen-bond donors (Lipinski definition) is 2. The van der Waals surface area contributed by atoms with E-state index in [0.717, 1.165) is 5.56 Å². The van der Waals surface area contributed by atoms with Gasteiger partial charge in [-0.1, -0.05) is 31.5 Å². The normalized spacial score (nSPS) is 13.6. The second kappa shape index (κ2) is 6.59. The van der Waals surface area contributed by atoms with E-state index in [-0.39, 0.29) is 6.04 Å². The number of nitrogens with one attached hydrogen (secondary N) is 2. The Morgan fingerprint density at radius 1 is 1.26 bits per heavy atom. The minimum Gasteiger partial charge on any atom is -0.313 e. The lowest BCUT2D eigenvalue weighted by Gasteiger charge is -2.17. The van der Waals surface area contributed by atoms with Crippen LogP contribution in [-0.4, -0.2) is 26.3 Å². The van der Waals surface area contributed by atoms with Crippen molar-refractivity contribution >= 4 is 27.3 Å². The van der Waals surface area contributed by atoms with Crippen LogP contribution in [0.5, 0.6) is 0 Å². The molecule has 1 rings (SSSR count). The molecule has 0 aliphatic rings. The molecular weight excluding hydrogens is 284 g/mol. The van der Waals surface area contributed by atoms with Gasteiger partial charge in [0, 0.05) is 12.6 Å². The third-order valence-corrected chi connectivity index (χ3v) is 4.76. The van der Waals surface area contributed by atoms with E-state index in [1.165, 1.54) is 0 Å². The van der Waals surface area contributed by atoms with Gasteiger partial charge in [0.25, 0.3) is 0 Å². The van der Waals surface area contributed by atoms with Crippen molar-refractivity contribution < 1.29 is 8.42 Å². The van der Waals surface area contributed by atoms with Gasteiger partial charge in [-0.3, -0.25) is 4.72 Å². The van der Waals surface area contributed by atoms with Crippen LogP contribution in [0.3, 0.4) is 0 Å². The van der Waals surface area contributed by atoms with Crippen molar-refractivity contribution in [1.82, 2.24) is 5.32 Å². The molecular formula is C13H21ClN2O2S. The van der Waals surface area contributed by atoms with Crippen LogP contribution in [0, 0.1) is 6.92 Å². The van der Waals surface area contributed by atoms with Crippen molar-refractivity contribution in [1.29, 1.82) is 0 Å². The predicted octanol–water partition coefficient (Wildman–Crippen LogP) is 2.78. The zero-order valence-electron chi connectivity index (χ0n) is 11.7. The van der Waals surface area contributed by atoms with Gasteiger partial charge in [0.05, 0.1) is 16.0 Å². The third-order valence-electron chi connectivity index (χ3n) is 2.72. The molecule has 0 fully saturated rings. The fraction of sp³-hybridized carbons (Fsp3) is 0.538. The number of hydrogen-bond acceptors (Lipinski definition) is 3. The number of rotatable bonds is 6. The van der Waals surface area contributed by atoms with E-state index < -0.39 is 15.3 Å². The quantitative estimate of drug-likeness (QED) is 0.849. The molecule has 0 saturated heterocycles. The van der Waals surface area contributed by atoms with Crippen molar-refractivity contribution in [2.45, 2.75) is 39.0 Å². The van der Waals surface area contributed by atoms with E-state index in [2.05, 4.69) is 10.0 Å². The fourth-order valence-corrected chi connectivity index (χ4v) is 2.81. The molecule has 0 radical (unpaired) electrons. The van der Waals surface area contributed by atoms with Crippen molar-refractivity contribution in [2.75, 3.05) is 11.3 Å². The molecule has 2 N–H and O–H groups in total. The third kappa shape index (κ3) is 5.01. The van der Waals surface area contributed by atoms with Gasteiger partial charge in [-0.25, -0.2) is 8.42 Å². The van der Waals surface area contributed by atoms with E-state index in [1.807, 2.05) is 26.8 Å². The van der Waals surface area contributed by atoms with Crippen LogP contribution in [-0.2, 0) is 10.0 Å². The minimum absolute atomic E-state index is 0.251. The summed E-state index contributed by atoms with van der Waals surface area (Å²) in [5.41, 5.74) is 1.41. The summed E-state index contributed by atoms with van der Waals surface area (Å²) >= 11 is 6.03. The molecule has 0 aliphatic carbocycles. The van der Waals surface area contributed by atoms with Gasteiger partial charge in [-0.15, -0.1) is 0 Å². The molecule has 1 aromatic rings. The Bertz CT molecular complexity index is 529. The summed E-state index contributed by atoms with van der Waals surface area (Å²) in [5, 5.41) is 2.98. The van der Waals surface area contributed by atoms with Crippen LogP contribution in [0.25, 0.3) is 0 Å². The highest BCUT2D eigenvalue weighted by Crippen LogP contribution is 2.24. The molecule has 0 spiro atoms. The second-order valence-electron chi connectivity index (χ2n) is 5.00. The van der Waals surface area contributed by atoms with E-state index in [9.17, 15) is 8.42 Å². The largest absolute Gasteiger partial charge is 0.313 e. The zero-order chi connectivity index (χ0) is 14.6. The van der Waals surface area contributed by atoms with Crippen molar-refractivity contribution in [3.63, 3.8) is 0 Å². The SMILES string of the molecule is Cc1ccc(NS(=O)(=O)C(C)CNC(C)C)c(Cl)c1. The van der Waals surface area contributed by atoms with Crippen LogP contribution in [0.15, 0.2) is 18.2 Å². The molecule has 19 heavy (non-hydrogen) atoms. The summed E-state index contributed by atoms with van der Waals surface area (Å²) in [7, 11) is -3.44. The maximum absolute atomic E-state index is 12.1. The molecule has 0 bridgehead atoms. The Morgan fingerprint density at radius 3 is 2.42 bits per heavy atom. The lowest BCUT2D eigenvalue weighted by molar-refractivity contribution is 0.553. The first-order valence-electron chi connectivity index (χ1n) is 6.23. The Balaban J connectivity index is 2.78. The minimum atomic E-state index is -3.44. The summed E-state index contributed by atoms with van der Waals surface area (Å²) in [6.07, 6.45) is 0. The molecule has 0 saturated carbocycles. The molecule has 0 heterocycles. The Morgan fingerprint density at radius 2 is 1.89 bits per heavy atom. The second-order valence-corrected chi connectivity index (χ2v) is 7.51. The smallest absolute Gasteiger partial charge is 0.236 e. The van der Waals surface area contributed by atoms with Crippen LogP contribution in [0.4, 0.5) is 5.69 Å². The van der Waals surface area contributed by atoms with Gasteiger partial charge in [0.2, 0.25) is 10.0 Å². The van der Waals surface area contributed by atoms with E-state index in [1.54, 1.807) is 19.1 Å². The fourth-order valence-electron chi connectivity index (χ4n) is 1.47. The number of benzene rings is 1. The maximum atomic E-state index is 12.1. The van der Waals surface area contributed by atoms with Gasteiger partial charge in [-0.05, 0) is 31.5 Å². The van der Waals surface area contributed by atoms with E-state index in [0.29, 0.717) is 17.3 Å². The summed E-state index contributed by atoms with van der Waals surface area (Å²) < 4.78 is 26.8. The number of halogens is 1. The van der Waals surface area contributed by atoms with Crippen molar-refractivity contribution in [3.8, 4) is 0 Å². The maximum Gasteiger partial charge on any atom is 0.236 e. The Hall–Kier alpha value is -0.780. The molecule has 1 atom stereocenters. The molecule has 4 nitrogen and oxygen atoms in total. The summed E-state index contributed by atoms with van der Waals surface area (Å²) in [6, 6.07) is 5.48. The standard InChI is InChI=1S/C13H21ClN2O2S/c1-9(2)15-8-11(4)19(17,18)16-13-6-5-10(3)7-12(13)14/h5-7,9,11,15-16H,8H2,1-4H3. The molecule has 108 valence electrons. The molecule has 1 aromatic carbocycles. The molecule has 6 heteroatoms. The van der Waals surface area contributed by atoms with Crippen LogP contribution in [0.1, 0.15) is 26.3 Å². The van der Waals surface area contributed by atoms with Gasteiger partial charge in [-0.2, -0.15) is 0 Å². The lowest BCUT2D eigenvalue weighted by Crippen LogP contribution is -2.37. The van der Waals surface area contributed by atoms with Crippen molar-refractivity contribution in [2.24, 2.45) is 0 Å². The summed E-state index contributed by atoms with van der Waals surface area (Å²) in [6.45, 7) is 7.92. The monoisotopic (exact) mass is 304 g/mol. The van der Waals surface area contributed by atoms with Crippen LogP contribution < -0.4 is 10.0 Å².